The Hall–Kier alpha value is -4.67. The number of aromatic hydroxyl groups is 1. The predicted molar refractivity (Wildman–Crippen MR) is 150 cm³/mol. The predicted octanol–water partition coefficient (Wildman–Crippen LogP) is 2.14. The first-order valence-electron chi connectivity index (χ1n) is 12.8. The second-order valence-corrected chi connectivity index (χ2v) is 10.0. The Morgan fingerprint density at radius 1 is 0.875 bits per heavy atom. The molecule has 0 unspecified atom stereocenters. The molecule has 3 rings (SSSR count). The molecule has 1 aromatic heterocycles. The quantitative estimate of drug-likeness (QED) is 0.241. The number of rotatable bonds is 10. The maximum absolute atomic E-state index is 13.1. The van der Waals surface area contributed by atoms with Gasteiger partial charge in [0.25, 0.3) is 0 Å². The fourth-order valence-electron chi connectivity index (χ4n) is 4.13. The Labute approximate surface area is 231 Å². The summed E-state index contributed by atoms with van der Waals surface area (Å²) >= 11 is 0. The third-order valence-corrected chi connectivity index (χ3v) is 6.29. The van der Waals surface area contributed by atoms with E-state index in [1.165, 1.54) is 38.1 Å². The molecule has 40 heavy (non-hydrogen) atoms. The average molecular weight is 551 g/mol. The van der Waals surface area contributed by atoms with Crippen molar-refractivity contribution in [3.05, 3.63) is 70.1 Å². The summed E-state index contributed by atoms with van der Waals surface area (Å²) in [6, 6.07) is 9.60. The van der Waals surface area contributed by atoms with Gasteiger partial charge in [-0.2, -0.15) is 0 Å². The van der Waals surface area contributed by atoms with Gasteiger partial charge in [-0.05, 0) is 55.2 Å². The Morgan fingerprint density at radius 2 is 1.55 bits per heavy atom. The number of benzene rings is 2. The van der Waals surface area contributed by atoms with Gasteiger partial charge in [-0.25, -0.2) is 4.79 Å². The molecule has 0 aliphatic heterocycles. The lowest BCUT2D eigenvalue weighted by atomic mass is 10.0. The van der Waals surface area contributed by atoms with Crippen molar-refractivity contribution >= 4 is 40.3 Å². The first kappa shape index (κ1) is 29.9. The van der Waals surface area contributed by atoms with Gasteiger partial charge in [0.2, 0.25) is 23.6 Å². The molecule has 0 bridgehead atoms. The number of nitrogens with one attached hydrogen (secondary N) is 4. The average Bonchev–Trinajstić information content (AvgIpc) is 2.87. The van der Waals surface area contributed by atoms with Gasteiger partial charge in [-0.1, -0.05) is 26.0 Å². The van der Waals surface area contributed by atoms with Crippen molar-refractivity contribution in [3.8, 4) is 5.75 Å². The van der Waals surface area contributed by atoms with Crippen LogP contribution in [0.4, 0.5) is 5.69 Å². The summed E-state index contributed by atoms with van der Waals surface area (Å²) in [6.45, 7) is 8.06. The summed E-state index contributed by atoms with van der Waals surface area (Å²) in [4.78, 5) is 62.5. The first-order chi connectivity index (χ1) is 18.8. The van der Waals surface area contributed by atoms with Gasteiger partial charge in [0.1, 0.15) is 29.5 Å². The maximum Gasteiger partial charge on any atom is 0.336 e. The third kappa shape index (κ3) is 7.92. The summed E-state index contributed by atoms with van der Waals surface area (Å²) in [7, 11) is 0. The van der Waals surface area contributed by atoms with Gasteiger partial charge < -0.3 is 30.8 Å². The van der Waals surface area contributed by atoms with E-state index in [1.54, 1.807) is 45.0 Å². The number of phenols is 1. The molecular formula is C29H34N4O7. The minimum absolute atomic E-state index is 0.0706. The summed E-state index contributed by atoms with van der Waals surface area (Å²) in [5.74, 6) is -2.34. The van der Waals surface area contributed by atoms with Crippen LogP contribution in [-0.2, 0) is 25.6 Å². The minimum atomic E-state index is -0.989. The Morgan fingerprint density at radius 3 is 2.17 bits per heavy atom. The van der Waals surface area contributed by atoms with Crippen LogP contribution in [0.5, 0.6) is 5.75 Å². The molecule has 5 N–H and O–H groups in total. The zero-order chi connectivity index (χ0) is 29.6. The van der Waals surface area contributed by atoms with Gasteiger partial charge in [0.15, 0.2) is 0 Å². The van der Waals surface area contributed by atoms with Crippen LogP contribution in [0.3, 0.4) is 0 Å². The van der Waals surface area contributed by atoms with Crippen LogP contribution in [0, 0.1) is 12.8 Å². The highest BCUT2D eigenvalue weighted by Gasteiger charge is 2.30. The first-order valence-corrected chi connectivity index (χ1v) is 12.8. The number of aryl methyl sites for hydroxylation is 1. The number of hydrogen-bond acceptors (Lipinski definition) is 7. The minimum Gasteiger partial charge on any atom is -0.508 e. The van der Waals surface area contributed by atoms with Crippen molar-refractivity contribution in [2.45, 2.75) is 59.2 Å². The number of amides is 4. The van der Waals surface area contributed by atoms with Crippen molar-refractivity contribution in [1.29, 1.82) is 0 Å². The number of phenolic OH excluding ortho intramolecular Hbond substituents is 1. The van der Waals surface area contributed by atoms with Crippen molar-refractivity contribution < 1.29 is 28.7 Å². The van der Waals surface area contributed by atoms with Gasteiger partial charge >= 0.3 is 5.63 Å². The molecule has 0 saturated carbocycles. The molecule has 11 nitrogen and oxygen atoms in total. The number of carbonyl (C=O) groups excluding carboxylic acids is 4. The van der Waals surface area contributed by atoms with Crippen molar-refractivity contribution in [1.82, 2.24) is 16.0 Å². The van der Waals surface area contributed by atoms with E-state index in [0.29, 0.717) is 16.8 Å². The van der Waals surface area contributed by atoms with Crippen LogP contribution >= 0.6 is 0 Å². The second kappa shape index (κ2) is 12.9. The Kier molecular flexibility index (Phi) is 9.65. The summed E-state index contributed by atoms with van der Waals surface area (Å²) in [5.41, 5.74) is 1.65. The molecule has 0 fully saturated rings. The zero-order valence-electron chi connectivity index (χ0n) is 23.0. The number of hydrogen-bond donors (Lipinski definition) is 5. The summed E-state index contributed by atoms with van der Waals surface area (Å²) < 4.78 is 5.22. The summed E-state index contributed by atoms with van der Waals surface area (Å²) in [6.07, 6.45) is 0.141. The highest BCUT2D eigenvalue weighted by molar-refractivity contribution is 5.99. The fourth-order valence-corrected chi connectivity index (χ4v) is 4.13. The van der Waals surface area contributed by atoms with Gasteiger partial charge in [0.05, 0.1) is 0 Å². The molecule has 2 aromatic carbocycles. The van der Waals surface area contributed by atoms with Crippen LogP contribution in [0.2, 0.25) is 0 Å². The largest absolute Gasteiger partial charge is 0.508 e. The molecule has 212 valence electrons. The smallest absolute Gasteiger partial charge is 0.336 e. The highest BCUT2D eigenvalue weighted by Crippen LogP contribution is 2.21. The molecule has 0 spiro atoms. The van der Waals surface area contributed by atoms with E-state index < -0.39 is 47.4 Å². The van der Waals surface area contributed by atoms with Crippen molar-refractivity contribution in [2.24, 2.45) is 5.92 Å². The lowest BCUT2D eigenvalue weighted by Gasteiger charge is -2.26. The van der Waals surface area contributed by atoms with Crippen molar-refractivity contribution in [2.75, 3.05) is 5.32 Å². The van der Waals surface area contributed by atoms with E-state index in [0.717, 1.165) is 10.9 Å². The monoisotopic (exact) mass is 550 g/mol. The van der Waals surface area contributed by atoms with E-state index >= 15 is 0 Å². The van der Waals surface area contributed by atoms with E-state index in [1.807, 2.05) is 0 Å². The molecule has 1 heterocycles. The lowest BCUT2D eigenvalue weighted by molar-refractivity contribution is -0.133. The van der Waals surface area contributed by atoms with Crippen molar-refractivity contribution in [3.63, 3.8) is 0 Å². The van der Waals surface area contributed by atoms with E-state index in [9.17, 15) is 29.1 Å². The van der Waals surface area contributed by atoms with Crippen LogP contribution in [0.25, 0.3) is 11.0 Å². The maximum atomic E-state index is 13.1. The van der Waals surface area contributed by atoms with Crippen LogP contribution in [0.15, 0.2) is 57.7 Å². The van der Waals surface area contributed by atoms with Gasteiger partial charge in [-0.15, -0.1) is 0 Å². The highest BCUT2D eigenvalue weighted by atomic mass is 16.4. The number of fused-ring (bicyclic) bond motifs is 1. The van der Waals surface area contributed by atoms with Gasteiger partial charge in [0, 0.05) is 36.6 Å². The van der Waals surface area contributed by atoms with Crippen LogP contribution in [0.1, 0.15) is 38.8 Å². The summed E-state index contributed by atoms with van der Waals surface area (Å²) in [5, 5.41) is 20.8. The van der Waals surface area contributed by atoms with Crippen LogP contribution in [-0.4, -0.2) is 46.9 Å². The van der Waals surface area contributed by atoms with Crippen LogP contribution < -0.4 is 26.9 Å². The Balaban J connectivity index is 1.67. The molecule has 3 atom stereocenters. The molecule has 0 aliphatic rings. The third-order valence-electron chi connectivity index (χ3n) is 6.29. The zero-order valence-corrected chi connectivity index (χ0v) is 23.0. The normalized spacial score (nSPS) is 13.2. The molecule has 11 heteroatoms. The van der Waals surface area contributed by atoms with E-state index in [2.05, 4.69) is 21.3 Å². The molecule has 0 radical (unpaired) electrons. The SMILES string of the molecule is CC(=O)N[C@@H](Cc1ccc(O)cc1)C(=O)N[C@H](C(=O)N[C@@H](C)C(=O)Nc1ccc2c(C)cc(=O)oc2c1)C(C)C. The van der Waals surface area contributed by atoms with Gasteiger partial charge in [-0.3, -0.25) is 19.2 Å². The number of anilines is 1. The topological polar surface area (TPSA) is 167 Å². The standard InChI is InChI=1S/C29H34N4O7/c1-15(2)26(33-28(38)23(31-18(5)34)13-19-6-9-21(35)10-7-19)29(39)30-17(4)27(37)32-20-8-11-22-16(3)12-25(36)40-24(22)14-20/h6-12,14-15,17,23,26,35H,13H2,1-5H3,(H,30,39)(H,31,34)(H,32,37)(H,33,38)/t17-,23-,26-/m0/s1. The molecule has 3 aromatic rings. The molecule has 4 amide bonds. The Bertz CT molecular complexity index is 1460. The second-order valence-electron chi connectivity index (χ2n) is 10.0. The van der Waals surface area contributed by atoms with E-state index in [4.69, 9.17) is 4.42 Å². The fraction of sp³-hybridized carbons (Fsp3) is 0.345. The molecule has 0 saturated heterocycles. The molecular weight excluding hydrogens is 516 g/mol. The van der Waals surface area contributed by atoms with E-state index in [-0.39, 0.29) is 18.1 Å². The molecule has 0 aliphatic carbocycles. The number of carbonyl (C=O) groups is 4. The lowest BCUT2D eigenvalue weighted by Crippen LogP contribution is -2.57.